The second kappa shape index (κ2) is 7.41. The van der Waals surface area contributed by atoms with Gasteiger partial charge in [0.25, 0.3) is 11.6 Å². The fourth-order valence-electron chi connectivity index (χ4n) is 3.01. The molecule has 0 aliphatic heterocycles. The predicted octanol–water partition coefficient (Wildman–Crippen LogP) is 3.67. The molecule has 3 rings (SSSR count). The Balaban J connectivity index is 1.85. The molecular weight excluding hydrogens is 344 g/mol. The van der Waals surface area contributed by atoms with Gasteiger partial charge in [-0.05, 0) is 32.0 Å². The molecule has 0 fully saturated rings. The number of aryl methyl sites for hydroxylation is 1. The highest BCUT2D eigenvalue weighted by Gasteiger charge is 2.19. The van der Waals surface area contributed by atoms with Crippen molar-refractivity contribution in [3.63, 3.8) is 0 Å². The number of para-hydroxylation sites is 1. The molecule has 0 aliphatic rings. The molecule has 0 N–H and O–H groups in total. The summed E-state index contributed by atoms with van der Waals surface area (Å²) in [7, 11) is 1.68. The third-order valence-corrected chi connectivity index (χ3v) is 4.49. The van der Waals surface area contributed by atoms with Crippen LogP contribution in [0.5, 0.6) is 0 Å². The van der Waals surface area contributed by atoms with E-state index in [1.807, 2.05) is 48.9 Å². The average Bonchev–Trinajstić information content (AvgIpc) is 2.96. The minimum atomic E-state index is -0.505. The van der Waals surface area contributed by atoms with Crippen molar-refractivity contribution in [1.82, 2.24) is 14.7 Å². The molecule has 0 atom stereocenters. The van der Waals surface area contributed by atoms with Crippen LogP contribution >= 0.6 is 0 Å². The van der Waals surface area contributed by atoms with Crippen molar-refractivity contribution in [3.8, 4) is 5.69 Å². The lowest BCUT2D eigenvalue weighted by Gasteiger charge is -2.17. The molecule has 0 aliphatic carbocycles. The molecule has 0 spiro atoms. The van der Waals surface area contributed by atoms with Gasteiger partial charge in [-0.2, -0.15) is 5.10 Å². The summed E-state index contributed by atoms with van der Waals surface area (Å²) in [5, 5.41) is 15.5. The molecule has 2 aromatic carbocycles. The fourth-order valence-corrected chi connectivity index (χ4v) is 3.01. The number of carbonyl (C=O) groups excluding carboxylic acids is 1. The van der Waals surface area contributed by atoms with Gasteiger partial charge in [-0.3, -0.25) is 14.9 Å². The summed E-state index contributed by atoms with van der Waals surface area (Å²) in [5.74, 6) is -0.273. The van der Waals surface area contributed by atoms with Crippen molar-refractivity contribution in [2.75, 3.05) is 7.05 Å². The van der Waals surface area contributed by atoms with Crippen molar-refractivity contribution in [2.24, 2.45) is 0 Å². The molecule has 0 saturated heterocycles. The van der Waals surface area contributed by atoms with E-state index in [4.69, 9.17) is 0 Å². The lowest BCUT2D eigenvalue weighted by molar-refractivity contribution is -0.384. The van der Waals surface area contributed by atoms with Crippen LogP contribution in [0.3, 0.4) is 0 Å². The summed E-state index contributed by atoms with van der Waals surface area (Å²) in [6, 6.07) is 15.6. The molecule has 1 heterocycles. The van der Waals surface area contributed by atoms with E-state index in [0.717, 1.165) is 22.6 Å². The molecule has 0 bridgehead atoms. The SMILES string of the molecule is Cc1nn(-c2ccccc2)c(C)c1CN(C)C(=O)c1cccc([N+](=O)[O-])c1. The Hall–Kier alpha value is -3.48. The standard InChI is InChI=1S/C20H20N4O3/c1-14-19(15(2)23(21-14)17-9-5-4-6-10-17)13-22(3)20(25)16-8-7-11-18(12-16)24(26)27/h4-12H,13H2,1-3H3. The zero-order chi connectivity index (χ0) is 19.6. The van der Waals surface area contributed by atoms with E-state index in [9.17, 15) is 14.9 Å². The number of nitrogens with zero attached hydrogens (tertiary/aromatic N) is 4. The third kappa shape index (κ3) is 3.72. The Bertz CT molecular complexity index is 996. The number of non-ortho nitro benzene ring substituents is 1. The number of nitro groups is 1. The van der Waals surface area contributed by atoms with Crippen LogP contribution in [-0.2, 0) is 6.54 Å². The van der Waals surface area contributed by atoms with E-state index < -0.39 is 4.92 Å². The van der Waals surface area contributed by atoms with Gasteiger partial charge < -0.3 is 4.90 Å². The van der Waals surface area contributed by atoms with E-state index in [2.05, 4.69) is 5.10 Å². The molecule has 3 aromatic rings. The number of amides is 1. The zero-order valence-electron chi connectivity index (χ0n) is 15.4. The lowest BCUT2D eigenvalue weighted by Crippen LogP contribution is -2.26. The van der Waals surface area contributed by atoms with Crippen LogP contribution in [0.1, 0.15) is 27.3 Å². The van der Waals surface area contributed by atoms with Crippen molar-refractivity contribution in [1.29, 1.82) is 0 Å². The van der Waals surface area contributed by atoms with Crippen LogP contribution in [-0.4, -0.2) is 32.6 Å². The van der Waals surface area contributed by atoms with Crippen LogP contribution in [0.4, 0.5) is 5.69 Å². The molecule has 7 heteroatoms. The first-order valence-corrected chi connectivity index (χ1v) is 8.49. The van der Waals surface area contributed by atoms with Crippen LogP contribution in [0.2, 0.25) is 0 Å². The van der Waals surface area contributed by atoms with Crippen LogP contribution < -0.4 is 0 Å². The summed E-state index contributed by atoms with van der Waals surface area (Å²) in [6.45, 7) is 4.24. The number of hydrogen-bond acceptors (Lipinski definition) is 4. The van der Waals surface area contributed by atoms with Gasteiger partial charge in [-0.25, -0.2) is 4.68 Å². The Labute approximate surface area is 157 Å². The largest absolute Gasteiger partial charge is 0.337 e. The van der Waals surface area contributed by atoms with Gasteiger partial charge >= 0.3 is 0 Å². The molecule has 0 saturated carbocycles. The maximum absolute atomic E-state index is 12.7. The molecular formula is C20H20N4O3. The van der Waals surface area contributed by atoms with Gasteiger partial charge in [0.1, 0.15) is 0 Å². The van der Waals surface area contributed by atoms with Crippen LogP contribution in [0.15, 0.2) is 54.6 Å². The number of benzene rings is 2. The van der Waals surface area contributed by atoms with E-state index in [-0.39, 0.29) is 17.2 Å². The Kier molecular flexibility index (Phi) is 5.03. The summed E-state index contributed by atoms with van der Waals surface area (Å²) in [6.07, 6.45) is 0. The molecule has 7 nitrogen and oxygen atoms in total. The molecule has 138 valence electrons. The van der Waals surface area contributed by atoms with E-state index >= 15 is 0 Å². The first-order valence-electron chi connectivity index (χ1n) is 8.49. The second-order valence-electron chi connectivity index (χ2n) is 6.37. The summed E-state index contributed by atoms with van der Waals surface area (Å²) in [4.78, 5) is 24.7. The monoisotopic (exact) mass is 364 g/mol. The van der Waals surface area contributed by atoms with Crippen molar-refractivity contribution < 1.29 is 9.72 Å². The quantitative estimate of drug-likeness (QED) is 0.511. The van der Waals surface area contributed by atoms with Gasteiger partial charge in [0.2, 0.25) is 0 Å². The Morgan fingerprint density at radius 2 is 1.85 bits per heavy atom. The van der Waals surface area contributed by atoms with Crippen molar-refractivity contribution in [2.45, 2.75) is 20.4 Å². The summed E-state index contributed by atoms with van der Waals surface area (Å²) >= 11 is 0. The lowest BCUT2D eigenvalue weighted by atomic mass is 10.1. The Morgan fingerprint density at radius 3 is 2.52 bits per heavy atom. The summed E-state index contributed by atoms with van der Waals surface area (Å²) in [5.41, 5.74) is 3.90. The minimum Gasteiger partial charge on any atom is -0.337 e. The first-order chi connectivity index (χ1) is 12.9. The van der Waals surface area contributed by atoms with Gasteiger partial charge in [0.05, 0.1) is 16.3 Å². The topological polar surface area (TPSA) is 81.3 Å². The van der Waals surface area contributed by atoms with Gasteiger partial charge in [-0.15, -0.1) is 0 Å². The highest BCUT2D eigenvalue weighted by Crippen LogP contribution is 2.21. The fraction of sp³-hybridized carbons (Fsp3) is 0.200. The van der Waals surface area contributed by atoms with Gasteiger partial charge in [0.15, 0.2) is 0 Å². The maximum atomic E-state index is 12.7. The average molecular weight is 364 g/mol. The van der Waals surface area contributed by atoms with Crippen LogP contribution in [0.25, 0.3) is 5.69 Å². The normalized spacial score (nSPS) is 10.6. The number of aromatic nitrogens is 2. The number of hydrogen-bond donors (Lipinski definition) is 0. The number of rotatable bonds is 5. The highest BCUT2D eigenvalue weighted by atomic mass is 16.6. The van der Waals surface area contributed by atoms with Gasteiger partial charge in [0, 0.05) is 42.5 Å². The third-order valence-electron chi connectivity index (χ3n) is 4.49. The minimum absolute atomic E-state index is 0.0986. The second-order valence-corrected chi connectivity index (χ2v) is 6.37. The van der Waals surface area contributed by atoms with Gasteiger partial charge in [-0.1, -0.05) is 24.3 Å². The van der Waals surface area contributed by atoms with Crippen molar-refractivity contribution in [3.05, 3.63) is 87.2 Å². The van der Waals surface area contributed by atoms with E-state index in [1.165, 1.54) is 18.2 Å². The smallest absolute Gasteiger partial charge is 0.270 e. The Morgan fingerprint density at radius 1 is 1.15 bits per heavy atom. The predicted molar refractivity (Wildman–Crippen MR) is 102 cm³/mol. The van der Waals surface area contributed by atoms with Crippen molar-refractivity contribution >= 4 is 11.6 Å². The summed E-state index contributed by atoms with van der Waals surface area (Å²) < 4.78 is 1.86. The number of nitro benzene ring substituents is 1. The number of carbonyl (C=O) groups is 1. The zero-order valence-corrected chi connectivity index (χ0v) is 15.4. The molecule has 1 amide bonds. The molecule has 1 aromatic heterocycles. The maximum Gasteiger partial charge on any atom is 0.270 e. The van der Waals surface area contributed by atoms with E-state index in [0.29, 0.717) is 6.54 Å². The molecule has 0 unspecified atom stereocenters. The first kappa shape index (κ1) is 18.3. The molecule has 0 radical (unpaired) electrons. The van der Waals surface area contributed by atoms with E-state index in [1.54, 1.807) is 18.0 Å². The van der Waals surface area contributed by atoms with Crippen LogP contribution in [0, 0.1) is 24.0 Å². The highest BCUT2D eigenvalue weighted by molar-refractivity contribution is 5.94. The molecule has 27 heavy (non-hydrogen) atoms.